The first-order valence-electron chi connectivity index (χ1n) is 6.25. The topological polar surface area (TPSA) is 71.3 Å². The molecule has 0 aliphatic carbocycles. The summed E-state index contributed by atoms with van der Waals surface area (Å²) in [5, 5.41) is 13.7. The van der Waals surface area contributed by atoms with Gasteiger partial charge in [-0.3, -0.25) is 10.1 Å². The van der Waals surface area contributed by atoms with Gasteiger partial charge in [0.05, 0.1) is 4.92 Å². The summed E-state index contributed by atoms with van der Waals surface area (Å²) in [6.07, 6.45) is 2.49. The molecule has 1 fully saturated rings. The van der Waals surface area contributed by atoms with E-state index in [4.69, 9.17) is 0 Å². The van der Waals surface area contributed by atoms with Crippen LogP contribution < -0.4 is 5.32 Å². The van der Waals surface area contributed by atoms with E-state index in [9.17, 15) is 10.1 Å². The lowest BCUT2D eigenvalue weighted by atomic mass is 10.1. The summed E-state index contributed by atoms with van der Waals surface area (Å²) in [7, 11) is 0. The standard InChI is InChI=1S/C12H18N4O2/c1-2-15-6-5-10(9-15)7-13-12-4-3-11(8-14-12)16(17)18/h3-4,8,10H,2,5-7,9H2,1H3,(H,13,14). The van der Waals surface area contributed by atoms with Crippen molar-refractivity contribution in [3.8, 4) is 0 Å². The van der Waals surface area contributed by atoms with Crippen LogP contribution in [0.2, 0.25) is 0 Å². The first-order valence-corrected chi connectivity index (χ1v) is 6.25. The number of rotatable bonds is 5. The quantitative estimate of drug-likeness (QED) is 0.636. The van der Waals surface area contributed by atoms with Crippen LogP contribution in [0.5, 0.6) is 0 Å². The molecule has 1 unspecified atom stereocenters. The van der Waals surface area contributed by atoms with E-state index in [1.807, 2.05) is 0 Å². The van der Waals surface area contributed by atoms with Crippen molar-refractivity contribution < 1.29 is 4.92 Å². The molecule has 1 aliphatic rings. The summed E-state index contributed by atoms with van der Waals surface area (Å²) in [4.78, 5) is 16.5. The SMILES string of the molecule is CCN1CCC(CNc2ccc([N+](=O)[O-])cn2)C1. The molecule has 1 aromatic heterocycles. The van der Waals surface area contributed by atoms with Crippen molar-refractivity contribution in [1.82, 2.24) is 9.88 Å². The van der Waals surface area contributed by atoms with Crippen molar-refractivity contribution in [2.24, 2.45) is 5.92 Å². The van der Waals surface area contributed by atoms with E-state index in [-0.39, 0.29) is 5.69 Å². The van der Waals surface area contributed by atoms with E-state index >= 15 is 0 Å². The van der Waals surface area contributed by atoms with Crippen molar-refractivity contribution >= 4 is 11.5 Å². The van der Waals surface area contributed by atoms with Gasteiger partial charge in [0.1, 0.15) is 12.0 Å². The van der Waals surface area contributed by atoms with Gasteiger partial charge < -0.3 is 10.2 Å². The Morgan fingerprint density at radius 1 is 1.61 bits per heavy atom. The van der Waals surface area contributed by atoms with Gasteiger partial charge in [-0.15, -0.1) is 0 Å². The first-order chi connectivity index (χ1) is 8.69. The molecule has 1 saturated heterocycles. The normalized spacial score (nSPS) is 19.9. The molecule has 0 radical (unpaired) electrons. The molecule has 2 heterocycles. The van der Waals surface area contributed by atoms with Crippen LogP contribution in [0.3, 0.4) is 0 Å². The monoisotopic (exact) mass is 250 g/mol. The molecular weight excluding hydrogens is 232 g/mol. The molecule has 98 valence electrons. The number of anilines is 1. The highest BCUT2D eigenvalue weighted by molar-refractivity contribution is 5.40. The van der Waals surface area contributed by atoms with Crippen LogP contribution >= 0.6 is 0 Å². The third-order valence-corrected chi connectivity index (χ3v) is 3.35. The summed E-state index contributed by atoms with van der Waals surface area (Å²) >= 11 is 0. The molecule has 1 N–H and O–H groups in total. The molecule has 0 bridgehead atoms. The maximum Gasteiger partial charge on any atom is 0.287 e. The van der Waals surface area contributed by atoms with Crippen molar-refractivity contribution in [1.29, 1.82) is 0 Å². The van der Waals surface area contributed by atoms with Crippen LogP contribution in [0, 0.1) is 16.0 Å². The first kappa shape index (κ1) is 12.8. The van der Waals surface area contributed by atoms with Crippen LogP contribution in [0.1, 0.15) is 13.3 Å². The van der Waals surface area contributed by atoms with E-state index in [0.29, 0.717) is 11.7 Å². The predicted molar refractivity (Wildman–Crippen MR) is 69.6 cm³/mol. The average molecular weight is 250 g/mol. The minimum absolute atomic E-state index is 0.0265. The molecule has 0 amide bonds. The summed E-state index contributed by atoms with van der Waals surface area (Å²) in [5.74, 6) is 1.34. The van der Waals surface area contributed by atoms with Crippen molar-refractivity contribution in [3.05, 3.63) is 28.4 Å². The minimum Gasteiger partial charge on any atom is -0.370 e. The molecule has 2 rings (SSSR count). The largest absolute Gasteiger partial charge is 0.370 e. The van der Waals surface area contributed by atoms with Gasteiger partial charge >= 0.3 is 0 Å². The molecule has 1 atom stereocenters. The molecule has 1 aromatic rings. The van der Waals surface area contributed by atoms with E-state index in [1.165, 1.54) is 18.7 Å². The predicted octanol–water partition coefficient (Wildman–Crippen LogP) is 1.74. The number of hydrogen-bond donors (Lipinski definition) is 1. The van der Waals surface area contributed by atoms with Gasteiger partial charge in [0.15, 0.2) is 0 Å². The summed E-state index contributed by atoms with van der Waals surface area (Å²) in [6, 6.07) is 3.13. The fourth-order valence-electron chi connectivity index (χ4n) is 2.21. The van der Waals surface area contributed by atoms with Gasteiger partial charge in [0.2, 0.25) is 0 Å². The Bertz CT molecular complexity index is 407. The number of nitrogens with zero attached hydrogens (tertiary/aromatic N) is 3. The van der Waals surface area contributed by atoms with Crippen molar-refractivity contribution in [2.75, 3.05) is 31.5 Å². The number of nitro groups is 1. The Kier molecular flexibility index (Phi) is 4.09. The van der Waals surface area contributed by atoms with Gasteiger partial charge in [-0.2, -0.15) is 0 Å². The number of nitrogens with one attached hydrogen (secondary N) is 1. The second-order valence-electron chi connectivity index (χ2n) is 4.59. The highest BCUT2D eigenvalue weighted by Gasteiger charge is 2.20. The Hall–Kier alpha value is -1.69. The second-order valence-corrected chi connectivity index (χ2v) is 4.59. The van der Waals surface area contributed by atoms with Gasteiger partial charge in [0, 0.05) is 19.2 Å². The van der Waals surface area contributed by atoms with Crippen molar-refractivity contribution in [2.45, 2.75) is 13.3 Å². The molecule has 0 aromatic carbocycles. The lowest BCUT2D eigenvalue weighted by Crippen LogP contribution is -2.22. The fourth-order valence-corrected chi connectivity index (χ4v) is 2.21. The summed E-state index contributed by atoms with van der Waals surface area (Å²) < 4.78 is 0. The Morgan fingerprint density at radius 3 is 3.00 bits per heavy atom. The highest BCUT2D eigenvalue weighted by Crippen LogP contribution is 2.17. The Morgan fingerprint density at radius 2 is 2.44 bits per heavy atom. The van der Waals surface area contributed by atoms with E-state index in [0.717, 1.165) is 26.2 Å². The smallest absolute Gasteiger partial charge is 0.287 e. The zero-order chi connectivity index (χ0) is 13.0. The molecular formula is C12H18N4O2. The summed E-state index contributed by atoms with van der Waals surface area (Å²) in [5.41, 5.74) is 0.0265. The molecule has 0 spiro atoms. The second kappa shape index (κ2) is 5.77. The zero-order valence-electron chi connectivity index (χ0n) is 10.5. The highest BCUT2D eigenvalue weighted by atomic mass is 16.6. The lowest BCUT2D eigenvalue weighted by molar-refractivity contribution is -0.385. The molecule has 18 heavy (non-hydrogen) atoms. The van der Waals surface area contributed by atoms with Gasteiger partial charge in [-0.05, 0) is 31.5 Å². The van der Waals surface area contributed by atoms with Crippen LogP contribution in [0.25, 0.3) is 0 Å². The Labute approximate surface area is 106 Å². The third-order valence-electron chi connectivity index (χ3n) is 3.35. The van der Waals surface area contributed by atoms with Crippen LogP contribution in [0.15, 0.2) is 18.3 Å². The number of likely N-dealkylation sites (tertiary alicyclic amines) is 1. The zero-order valence-corrected chi connectivity index (χ0v) is 10.5. The maximum atomic E-state index is 10.5. The third kappa shape index (κ3) is 3.16. The van der Waals surface area contributed by atoms with Crippen LogP contribution in [0.4, 0.5) is 11.5 Å². The molecule has 1 aliphatic heterocycles. The van der Waals surface area contributed by atoms with E-state index in [2.05, 4.69) is 22.1 Å². The van der Waals surface area contributed by atoms with E-state index in [1.54, 1.807) is 6.07 Å². The van der Waals surface area contributed by atoms with Gasteiger partial charge in [0.25, 0.3) is 5.69 Å². The Balaban J connectivity index is 1.82. The van der Waals surface area contributed by atoms with Gasteiger partial charge in [-0.1, -0.05) is 6.92 Å². The number of hydrogen-bond acceptors (Lipinski definition) is 5. The fraction of sp³-hybridized carbons (Fsp3) is 0.583. The number of aromatic nitrogens is 1. The summed E-state index contributed by atoms with van der Waals surface area (Å²) in [6.45, 7) is 6.44. The lowest BCUT2D eigenvalue weighted by Gasteiger charge is -2.13. The van der Waals surface area contributed by atoms with E-state index < -0.39 is 4.92 Å². The van der Waals surface area contributed by atoms with Crippen molar-refractivity contribution in [3.63, 3.8) is 0 Å². The molecule has 6 nitrogen and oxygen atoms in total. The van der Waals surface area contributed by atoms with Gasteiger partial charge in [-0.25, -0.2) is 4.98 Å². The number of pyridine rings is 1. The molecule has 6 heteroatoms. The molecule has 0 saturated carbocycles. The minimum atomic E-state index is -0.438. The maximum absolute atomic E-state index is 10.5. The van der Waals surface area contributed by atoms with Crippen LogP contribution in [-0.4, -0.2) is 41.0 Å². The van der Waals surface area contributed by atoms with Crippen LogP contribution in [-0.2, 0) is 0 Å². The average Bonchev–Trinajstić information content (AvgIpc) is 2.85.